The Labute approximate surface area is 98.8 Å². The van der Waals surface area contributed by atoms with E-state index < -0.39 is 12.0 Å². The molecule has 2 unspecified atom stereocenters. The van der Waals surface area contributed by atoms with Gasteiger partial charge in [0.15, 0.2) is 0 Å². The number of hydrogen-bond acceptors (Lipinski definition) is 3. The number of carboxylic acid groups (broad SMARTS) is 1. The number of piperidine rings is 1. The van der Waals surface area contributed by atoms with Gasteiger partial charge in [-0.1, -0.05) is 0 Å². The third kappa shape index (κ3) is 3.79. The van der Waals surface area contributed by atoms with Crippen molar-refractivity contribution >= 4 is 17.8 Å². The summed E-state index contributed by atoms with van der Waals surface area (Å²) in [7, 11) is 0. The van der Waals surface area contributed by atoms with E-state index in [0.29, 0.717) is 6.42 Å². The molecule has 6 heteroatoms. The van der Waals surface area contributed by atoms with E-state index in [2.05, 4.69) is 16.6 Å². The Hall–Kier alpha value is -2.03. The van der Waals surface area contributed by atoms with Gasteiger partial charge in [-0.3, -0.25) is 9.59 Å². The van der Waals surface area contributed by atoms with Gasteiger partial charge in [0.1, 0.15) is 6.04 Å². The van der Waals surface area contributed by atoms with Crippen molar-refractivity contribution in [2.45, 2.75) is 25.3 Å². The lowest BCUT2D eigenvalue weighted by Crippen LogP contribution is -2.48. The number of carbonyl (C=O) groups is 3. The predicted octanol–water partition coefficient (Wildman–Crippen LogP) is -0.895. The van der Waals surface area contributed by atoms with E-state index in [1.807, 2.05) is 0 Å². The van der Waals surface area contributed by atoms with Crippen LogP contribution in [-0.4, -0.2) is 35.5 Å². The van der Waals surface area contributed by atoms with Gasteiger partial charge in [-0.05, 0) is 6.42 Å². The van der Waals surface area contributed by atoms with Crippen molar-refractivity contribution in [3.63, 3.8) is 0 Å². The van der Waals surface area contributed by atoms with E-state index in [9.17, 15) is 14.4 Å². The first-order chi connectivity index (χ1) is 8.04. The molecule has 1 saturated heterocycles. The van der Waals surface area contributed by atoms with Crippen LogP contribution in [0.4, 0.5) is 0 Å². The van der Waals surface area contributed by atoms with Gasteiger partial charge in [0.2, 0.25) is 11.8 Å². The second-order valence-electron chi connectivity index (χ2n) is 3.85. The van der Waals surface area contributed by atoms with Crippen molar-refractivity contribution in [3.8, 4) is 12.3 Å². The number of amides is 2. The fourth-order valence-electron chi connectivity index (χ4n) is 1.56. The summed E-state index contributed by atoms with van der Waals surface area (Å²) in [6, 6.07) is -1.06. The average Bonchev–Trinajstić information content (AvgIpc) is 2.29. The van der Waals surface area contributed by atoms with Gasteiger partial charge in [-0.15, -0.1) is 12.3 Å². The van der Waals surface area contributed by atoms with Crippen molar-refractivity contribution < 1.29 is 19.5 Å². The topological polar surface area (TPSA) is 95.5 Å². The molecule has 1 aliphatic rings. The number of terminal acetylenes is 1. The fourth-order valence-corrected chi connectivity index (χ4v) is 1.56. The van der Waals surface area contributed by atoms with Gasteiger partial charge < -0.3 is 15.7 Å². The maximum atomic E-state index is 11.7. The molecular formula is C11H14N2O4. The molecule has 0 aliphatic carbocycles. The maximum absolute atomic E-state index is 11.7. The van der Waals surface area contributed by atoms with Crippen LogP contribution in [0.3, 0.4) is 0 Å². The molecule has 2 amide bonds. The van der Waals surface area contributed by atoms with Crippen LogP contribution in [0.25, 0.3) is 0 Å². The average molecular weight is 238 g/mol. The molecule has 1 aliphatic heterocycles. The molecule has 0 bridgehead atoms. The zero-order valence-electron chi connectivity index (χ0n) is 9.23. The molecule has 0 spiro atoms. The summed E-state index contributed by atoms with van der Waals surface area (Å²) in [6.45, 7) is 0.243. The standard InChI is InChI=1S/C11H14N2O4/c1-2-3-8(11(16)17)13-10(15)7-4-5-9(14)12-6-7/h1,7-8H,3-6H2,(H,12,14)(H,13,15)(H,16,17). The van der Waals surface area contributed by atoms with Gasteiger partial charge in [-0.25, -0.2) is 4.79 Å². The van der Waals surface area contributed by atoms with Crippen LogP contribution < -0.4 is 10.6 Å². The molecule has 0 aromatic carbocycles. The highest BCUT2D eigenvalue weighted by Crippen LogP contribution is 2.11. The molecule has 17 heavy (non-hydrogen) atoms. The summed E-state index contributed by atoms with van der Waals surface area (Å²) in [5, 5.41) is 13.7. The number of carboxylic acids is 1. The Balaban J connectivity index is 2.50. The minimum absolute atomic E-state index is 0.0554. The van der Waals surface area contributed by atoms with Crippen LogP contribution in [-0.2, 0) is 14.4 Å². The van der Waals surface area contributed by atoms with E-state index in [0.717, 1.165) is 0 Å². The first-order valence-corrected chi connectivity index (χ1v) is 5.28. The maximum Gasteiger partial charge on any atom is 0.327 e. The van der Waals surface area contributed by atoms with Crippen molar-refractivity contribution in [2.75, 3.05) is 6.54 Å². The SMILES string of the molecule is C#CCC(NC(=O)C1CCC(=O)NC1)C(=O)O. The Bertz CT molecular complexity index is 362. The Morgan fingerprint density at radius 1 is 1.65 bits per heavy atom. The first kappa shape index (κ1) is 13.0. The summed E-state index contributed by atoms with van der Waals surface area (Å²) in [6.07, 6.45) is 5.68. The number of rotatable bonds is 4. The Kier molecular flexibility index (Phi) is 4.52. The third-order valence-electron chi connectivity index (χ3n) is 2.57. The second kappa shape index (κ2) is 5.89. The van der Waals surface area contributed by atoms with Crippen LogP contribution in [0.2, 0.25) is 0 Å². The number of carbonyl (C=O) groups excluding carboxylic acids is 2. The third-order valence-corrected chi connectivity index (χ3v) is 2.57. The first-order valence-electron chi connectivity index (χ1n) is 5.28. The molecule has 1 fully saturated rings. The number of hydrogen-bond donors (Lipinski definition) is 3. The summed E-state index contributed by atoms with van der Waals surface area (Å²) in [4.78, 5) is 33.4. The molecule has 0 saturated carbocycles. The van der Waals surface area contributed by atoms with Gasteiger partial charge in [-0.2, -0.15) is 0 Å². The normalized spacial score (nSPS) is 20.9. The molecule has 6 nitrogen and oxygen atoms in total. The summed E-state index contributed by atoms with van der Waals surface area (Å²) in [5.74, 6) is 0.189. The predicted molar refractivity (Wildman–Crippen MR) is 58.8 cm³/mol. The van der Waals surface area contributed by atoms with Crippen molar-refractivity contribution in [2.24, 2.45) is 5.92 Å². The van der Waals surface area contributed by atoms with Gasteiger partial charge in [0, 0.05) is 19.4 Å². The van der Waals surface area contributed by atoms with Crippen LogP contribution in [0.15, 0.2) is 0 Å². The lowest BCUT2D eigenvalue weighted by atomic mass is 9.98. The Morgan fingerprint density at radius 2 is 2.35 bits per heavy atom. The monoisotopic (exact) mass is 238 g/mol. The lowest BCUT2D eigenvalue weighted by molar-refractivity contribution is -0.142. The van der Waals surface area contributed by atoms with Crippen molar-refractivity contribution in [1.29, 1.82) is 0 Å². The lowest BCUT2D eigenvalue weighted by Gasteiger charge is -2.23. The molecule has 1 heterocycles. The van der Waals surface area contributed by atoms with E-state index in [4.69, 9.17) is 11.5 Å². The minimum Gasteiger partial charge on any atom is -0.480 e. The Morgan fingerprint density at radius 3 is 2.82 bits per heavy atom. The smallest absolute Gasteiger partial charge is 0.327 e. The quantitative estimate of drug-likeness (QED) is 0.553. The molecular weight excluding hydrogens is 224 g/mol. The summed E-state index contributed by atoms with van der Waals surface area (Å²) in [5.41, 5.74) is 0. The van der Waals surface area contributed by atoms with Gasteiger partial charge >= 0.3 is 5.97 Å². The van der Waals surface area contributed by atoms with E-state index in [1.165, 1.54) is 0 Å². The molecule has 2 atom stereocenters. The van der Waals surface area contributed by atoms with Crippen LogP contribution >= 0.6 is 0 Å². The second-order valence-corrected chi connectivity index (χ2v) is 3.85. The van der Waals surface area contributed by atoms with Gasteiger partial charge in [0.25, 0.3) is 0 Å². The summed E-state index contributed by atoms with van der Waals surface area (Å²) < 4.78 is 0. The molecule has 0 aromatic heterocycles. The number of nitrogens with one attached hydrogen (secondary N) is 2. The van der Waals surface area contributed by atoms with Crippen molar-refractivity contribution in [1.82, 2.24) is 10.6 Å². The van der Waals surface area contributed by atoms with Crippen molar-refractivity contribution in [3.05, 3.63) is 0 Å². The molecule has 92 valence electrons. The molecule has 0 aromatic rings. The number of aliphatic carboxylic acids is 1. The van der Waals surface area contributed by atoms with Crippen LogP contribution in [0.1, 0.15) is 19.3 Å². The highest BCUT2D eigenvalue weighted by molar-refractivity contribution is 5.87. The van der Waals surface area contributed by atoms with Gasteiger partial charge in [0.05, 0.1) is 5.92 Å². The largest absolute Gasteiger partial charge is 0.480 e. The van der Waals surface area contributed by atoms with E-state index in [-0.39, 0.29) is 37.1 Å². The molecule has 1 rings (SSSR count). The van der Waals surface area contributed by atoms with Crippen LogP contribution in [0.5, 0.6) is 0 Å². The van der Waals surface area contributed by atoms with Crippen LogP contribution in [0, 0.1) is 18.3 Å². The molecule has 0 radical (unpaired) electrons. The van der Waals surface area contributed by atoms with E-state index >= 15 is 0 Å². The summed E-state index contributed by atoms with van der Waals surface area (Å²) >= 11 is 0. The fraction of sp³-hybridized carbons (Fsp3) is 0.545. The minimum atomic E-state index is -1.16. The zero-order valence-corrected chi connectivity index (χ0v) is 9.23. The highest BCUT2D eigenvalue weighted by Gasteiger charge is 2.27. The highest BCUT2D eigenvalue weighted by atomic mass is 16.4. The van der Waals surface area contributed by atoms with E-state index in [1.54, 1.807) is 0 Å². The zero-order chi connectivity index (χ0) is 12.8. The molecule has 3 N–H and O–H groups in total.